The van der Waals surface area contributed by atoms with Gasteiger partial charge in [0.15, 0.2) is 11.5 Å². The molecule has 1 aromatic carbocycles. The lowest BCUT2D eigenvalue weighted by Crippen LogP contribution is -2.42. The number of nitrogens with zero attached hydrogens (tertiary/aromatic N) is 1. The molecule has 4 nitrogen and oxygen atoms in total. The molecule has 0 spiro atoms. The van der Waals surface area contributed by atoms with Crippen molar-refractivity contribution in [1.29, 1.82) is 0 Å². The van der Waals surface area contributed by atoms with E-state index in [1.807, 2.05) is 6.07 Å². The second-order valence-electron chi connectivity index (χ2n) is 4.82. The van der Waals surface area contributed by atoms with Gasteiger partial charge in [0, 0.05) is 44.7 Å². The first-order valence-corrected chi connectivity index (χ1v) is 6.74. The maximum absolute atomic E-state index is 5.85. The summed E-state index contributed by atoms with van der Waals surface area (Å²) >= 11 is 0. The maximum Gasteiger partial charge on any atom is 0.165 e. The molecule has 0 atom stereocenters. The summed E-state index contributed by atoms with van der Waals surface area (Å²) in [5.41, 5.74) is 1.25. The molecule has 1 fully saturated rings. The summed E-state index contributed by atoms with van der Waals surface area (Å²) in [7, 11) is 0. The van der Waals surface area contributed by atoms with Gasteiger partial charge in [0.05, 0.1) is 13.2 Å². The standard InChI is InChI=1S/C14H20N2O2/c1-3-12(11-16-7-5-15-6-8-16)14-13(4-1)17-9-2-10-18-14/h1,3-4,15H,2,5-11H2. The first-order valence-electron chi connectivity index (χ1n) is 6.74. The Kier molecular flexibility index (Phi) is 3.67. The summed E-state index contributed by atoms with van der Waals surface area (Å²) in [4.78, 5) is 2.46. The lowest BCUT2D eigenvalue weighted by molar-refractivity contribution is 0.227. The van der Waals surface area contributed by atoms with Crippen LogP contribution in [0.3, 0.4) is 0 Å². The monoisotopic (exact) mass is 248 g/mol. The highest BCUT2D eigenvalue weighted by Crippen LogP contribution is 2.33. The summed E-state index contributed by atoms with van der Waals surface area (Å²) in [6, 6.07) is 6.21. The zero-order valence-electron chi connectivity index (χ0n) is 10.7. The van der Waals surface area contributed by atoms with Crippen LogP contribution in [0, 0.1) is 0 Å². The van der Waals surface area contributed by atoms with Gasteiger partial charge in [-0.15, -0.1) is 0 Å². The van der Waals surface area contributed by atoms with Crippen molar-refractivity contribution in [1.82, 2.24) is 10.2 Å². The second-order valence-corrected chi connectivity index (χ2v) is 4.82. The molecule has 0 saturated carbocycles. The van der Waals surface area contributed by atoms with Crippen molar-refractivity contribution in [3.8, 4) is 11.5 Å². The summed E-state index contributed by atoms with van der Waals surface area (Å²) in [6.45, 7) is 6.82. The number of hydrogen-bond donors (Lipinski definition) is 1. The summed E-state index contributed by atoms with van der Waals surface area (Å²) in [5.74, 6) is 1.86. The Bertz CT molecular complexity index is 403. The van der Waals surface area contributed by atoms with E-state index in [9.17, 15) is 0 Å². The molecule has 2 heterocycles. The van der Waals surface area contributed by atoms with Crippen LogP contribution in [-0.2, 0) is 6.54 Å². The van der Waals surface area contributed by atoms with E-state index in [0.29, 0.717) is 0 Å². The quantitative estimate of drug-likeness (QED) is 0.854. The first kappa shape index (κ1) is 11.8. The van der Waals surface area contributed by atoms with Gasteiger partial charge in [0.1, 0.15) is 0 Å². The highest BCUT2D eigenvalue weighted by Gasteiger charge is 2.17. The molecule has 0 aromatic heterocycles. The van der Waals surface area contributed by atoms with Gasteiger partial charge in [-0.2, -0.15) is 0 Å². The molecule has 2 aliphatic rings. The minimum absolute atomic E-state index is 0.754. The van der Waals surface area contributed by atoms with Gasteiger partial charge in [-0.1, -0.05) is 12.1 Å². The molecule has 0 unspecified atom stereocenters. The van der Waals surface area contributed by atoms with Crippen molar-refractivity contribution < 1.29 is 9.47 Å². The van der Waals surface area contributed by atoms with Crippen molar-refractivity contribution in [2.24, 2.45) is 0 Å². The van der Waals surface area contributed by atoms with Crippen LogP contribution < -0.4 is 14.8 Å². The number of piperazine rings is 1. The predicted octanol–water partition coefficient (Wildman–Crippen LogP) is 1.25. The highest BCUT2D eigenvalue weighted by atomic mass is 16.5. The van der Waals surface area contributed by atoms with Crippen molar-refractivity contribution in [2.45, 2.75) is 13.0 Å². The Hall–Kier alpha value is -1.26. The number of rotatable bonds is 2. The average Bonchev–Trinajstić information content (AvgIpc) is 2.66. The molecule has 0 aliphatic carbocycles. The van der Waals surface area contributed by atoms with E-state index in [-0.39, 0.29) is 0 Å². The Morgan fingerprint density at radius 2 is 1.94 bits per heavy atom. The molecule has 4 heteroatoms. The number of benzene rings is 1. The van der Waals surface area contributed by atoms with Gasteiger partial charge in [-0.05, 0) is 6.07 Å². The predicted molar refractivity (Wildman–Crippen MR) is 70.2 cm³/mol. The second kappa shape index (κ2) is 5.59. The largest absolute Gasteiger partial charge is 0.490 e. The van der Waals surface area contributed by atoms with Crippen LogP contribution in [0.4, 0.5) is 0 Å². The van der Waals surface area contributed by atoms with E-state index in [1.165, 1.54) is 5.56 Å². The van der Waals surface area contributed by atoms with E-state index in [0.717, 1.165) is 63.9 Å². The Morgan fingerprint density at radius 3 is 2.83 bits per heavy atom. The SMILES string of the molecule is c1cc(CN2CCNCC2)c2c(c1)OCCCO2. The number of para-hydroxylation sites is 1. The van der Waals surface area contributed by atoms with Crippen LogP contribution in [0.25, 0.3) is 0 Å². The third-order valence-corrected chi connectivity index (χ3v) is 3.46. The summed E-state index contributed by atoms with van der Waals surface area (Å²) in [6.07, 6.45) is 0.960. The normalized spacial score (nSPS) is 20.4. The highest BCUT2D eigenvalue weighted by molar-refractivity contribution is 5.47. The molecular weight excluding hydrogens is 228 g/mol. The van der Waals surface area contributed by atoms with Crippen LogP contribution in [0.1, 0.15) is 12.0 Å². The topological polar surface area (TPSA) is 33.7 Å². The van der Waals surface area contributed by atoms with Crippen LogP contribution in [-0.4, -0.2) is 44.3 Å². The summed E-state index contributed by atoms with van der Waals surface area (Å²) in [5, 5.41) is 3.38. The van der Waals surface area contributed by atoms with Crippen LogP contribution in [0.15, 0.2) is 18.2 Å². The van der Waals surface area contributed by atoms with Gasteiger partial charge in [-0.3, -0.25) is 4.90 Å². The molecule has 0 bridgehead atoms. The minimum Gasteiger partial charge on any atom is -0.490 e. The molecule has 98 valence electrons. The fourth-order valence-corrected chi connectivity index (χ4v) is 2.49. The van der Waals surface area contributed by atoms with Crippen molar-refractivity contribution in [2.75, 3.05) is 39.4 Å². The third kappa shape index (κ3) is 2.60. The average molecular weight is 248 g/mol. The molecule has 0 radical (unpaired) electrons. The Balaban J connectivity index is 1.78. The molecule has 3 rings (SSSR count). The minimum atomic E-state index is 0.754. The van der Waals surface area contributed by atoms with Crippen LogP contribution in [0.5, 0.6) is 11.5 Å². The van der Waals surface area contributed by atoms with Gasteiger partial charge in [0.25, 0.3) is 0 Å². The van der Waals surface area contributed by atoms with Gasteiger partial charge in [-0.25, -0.2) is 0 Å². The van der Waals surface area contributed by atoms with Gasteiger partial charge >= 0.3 is 0 Å². The lowest BCUT2D eigenvalue weighted by atomic mass is 10.1. The number of nitrogens with one attached hydrogen (secondary N) is 1. The van der Waals surface area contributed by atoms with E-state index in [2.05, 4.69) is 22.3 Å². The van der Waals surface area contributed by atoms with E-state index in [1.54, 1.807) is 0 Å². The fourth-order valence-electron chi connectivity index (χ4n) is 2.49. The van der Waals surface area contributed by atoms with E-state index in [4.69, 9.17) is 9.47 Å². The zero-order chi connectivity index (χ0) is 12.2. The van der Waals surface area contributed by atoms with E-state index < -0.39 is 0 Å². The molecule has 18 heavy (non-hydrogen) atoms. The van der Waals surface area contributed by atoms with Crippen LogP contribution in [0.2, 0.25) is 0 Å². The van der Waals surface area contributed by atoms with Crippen molar-refractivity contribution in [3.63, 3.8) is 0 Å². The summed E-state index contributed by atoms with van der Waals surface area (Å²) < 4.78 is 11.6. The molecule has 1 saturated heterocycles. The lowest BCUT2D eigenvalue weighted by Gasteiger charge is -2.28. The Morgan fingerprint density at radius 1 is 1.11 bits per heavy atom. The first-order chi connectivity index (χ1) is 8.93. The third-order valence-electron chi connectivity index (χ3n) is 3.46. The van der Waals surface area contributed by atoms with Gasteiger partial charge < -0.3 is 14.8 Å². The maximum atomic E-state index is 5.85. The van der Waals surface area contributed by atoms with Crippen molar-refractivity contribution >= 4 is 0 Å². The Labute approximate surface area is 108 Å². The fraction of sp³-hybridized carbons (Fsp3) is 0.571. The zero-order valence-corrected chi connectivity index (χ0v) is 10.7. The molecule has 1 N–H and O–H groups in total. The number of fused-ring (bicyclic) bond motifs is 1. The number of hydrogen-bond acceptors (Lipinski definition) is 4. The smallest absolute Gasteiger partial charge is 0.165 e. The van der Waals surface area contributed by atoms with Crippen molar-refractivity contribution in [3.05, 3.63) is 23.8 Å². The van der Waals surface area contributed by atoms with Gasteiger partial charge in [0.2, 0.25) is 0 Å². The number of ether oxygens (including phenoxy) is 2. The molecule has 0 amide bonds. The molecule has 2 aliphatic heterocycles. The molecular formula is C14H20N2O2. The van der Waals surface area contributed by atoms with E-state index >= 15 is 0 Å². The molecule has 1 aromatic rings. The van der Waals surface area contributed by atoms with Crippen LogP contribution >= 0.6 is 0 Å².